The van der Waals surface area contributed by atoms with Gasteiger partial charge in [0.1, 0.15) is 17.2 Å². The van der Waals surface area contributed by atoms with Crippen molar-refractivity contribution in [2.24, 2.45) is 5.92 Å². The minimum absolute atomic E-state index is 0.317. The second kappa shape index (κ2) is 7.07. The molecule has 2 aromatic carbocycles. The molecule has 0 fully saturated rings. The number of hydrogen-bond acceptors (Lipinski definition) is 6. The van der Waals surface area contributed by atoms with E-state index in [4.69, 9.17) is 18.9 Å². The molecular formula is C20H20O6. The number of fused-ring (bicyclic) bond motifs is 1. The van der Waals surface area contributed by atoms with Crippen LogP contribution in [0.15, 0.2) is 36.4 Å². The molecule has 1 aliphatic rings. The topological polar surface area (TPSA) is 71.1 Å². The normalized spacial score (nSPS) is 18.5. The van der Waals surface area contributed by atoms with Crippen LogP contribution >= 0.6 is 0 Å². The third-order valence-electron chi connectivity index (χ3n) is 4.53. The Balaban J connectivity index is 2.26. The van der Waals surface area contributed by atoms with Crippen LogP contribution < -0.4 is 14.2 Å². The first kappa shape index (κ1) is 17.8. The zero-order chi connectivity index (χ0) is 18.8. The van der Waals surface area contributed by atoms with Crippen LogP contribution in [-0.4, -0.2) is 33.3 Å². The van der Waals surface area contributed by atoms with E-state index in [1.54, 1.807) is 12.1 Å². The minimum Gasteiger partial charge on any atom is -0.496 e. The van der Waals surface area contributed by atoms with Gasteiger partial charge in [-0.25, -0.2) is 0 Å². The average Bonchev–Trinajstić information content (AvgIpc) is 2.66. The average molecular weight is 356 g/mol. The van der Waals surface area contributed by atoms with E-state index >= 15 is 0 Å². The van der Waals surface area contributed by atoms with E-state index in [0.29, 0.717) is 22.8 Å². The summed E-state index contributed by atoms with van der Waals surface area (Å²) in [7, 11) is 4.29. The van der Waals surface area contributed by atoms with Crippen molar-refractivity contribution in [3.8, 4) is 17.2 Å². The third-order valence-corrected chi connectivity index (χ3v) is 4.53. The van der Waals surface area contributed by atoms with Crippen molar-refractivity contribution >= 4 is 11.9 Å². The van der Waals surface area contributed by atoms with Gasteiger partial charge in [0.15, 0.2) is 5.92 Å². The summed E-state index contributed by atoms with van der Waals surface area (Å²) in [6.07, 6.45) is 0. The smallest absolute Gasteiger partial charge is 0.326 e. The Bertz CT molecular complexity index is 840. The van der Waals surface area contributed by atoms with Gasteiger partial charge in [-0.3, -0.25) is 9.59 Å². The lowest BCUT2D eigenvalue weighted by atomic mass is 9.78. The molecule has 0 saturated heterocycles. The Kier molecular flexibility index (Phi) is 4.84. The lowest BCUT2D eigenvalue weighted by Gasteiger charge is -2.32. The van der Waals surface area contributed by atoms with Crippen LogP contribution in [0, 0.1) is 12.8 Å². The van der Waals surface area contributed by atoms with Crippen LogP contribution in [0.5, 0.6) is 17.2 Å². The van der Waals surface area contributed by atoms with Crippen molar-refractivity contribution in [1.29, 1.82) is 0 Å². The molecule has 0 radical (unpaired) electrons. The second-order valence-corrected chi connectivity index (χ2v) is 6.05. The molecule has 0 spiro atoms. The monoisotopic (exact) mass is 356 g/mol. The number of rotatable bonds is 4. The molecule has 0 aliphatic carbocycles. The number of esters is 2. The van der Waals surface area contributed by atoms with Gasteiger partial charge in [0.05, 0.1) is 21.3 Å². The molecule has 0 N–H and O–H groups in total. The fraction of sp³-hybridized carbons (Fsp3) is 0.300. The SMILES string of the molecule is COC(=O)[C@@H]1C(=O)Oc2cc(OC)cc(OC)c2[C@H]1c1ccc(C)cc1. The van der Waals surface area contributed by atoms with Crippen molar-refractivity contribution < 1.29 is 28.5 Å². The molecule has 2 aromatic rings. The van der Waals surface area contributed by atoms with E-state index in [9.17, 15) is 9.59 Å². The summed E-state index contributed by atoms with van der Waals surface area (Å²) in [6, 6.07) is 11.0. The summed E-state index contributed by atoms with van der Waals surface area (Å²) >= 11 is 0. The van der Waals surface area contributed by atoms with Gasteiger partial charge in [0, 0.05) is 23.6 Å². The predicted octanol–water partition coefficient (Wildman–Crippen LogP) is 2.85. The largest absolute Gasteiger partial charge is 0.496 e. The second-order valence-electron chi connectivity index (χ2n) is 6.05. The van der Waals surface area contributed by atoms with E-state index in [0.717, 1.165) is 11.1 Å². The van der Waals surface area contributed by atoms with Gasteiger partial charge in [-0.2, -0.15) is 0 Å². The quantitative estimate of drug-likeness (QED) is 0.477. The third kappa shape index (κ3) is 2.98. The summed E-state index contributed by atoms with van der Waals surface area (Å²) in [5.41, 5.74) is 2.49. The van der Waals surface area contributed by atoms with Crippen LogP contribution in [0.2, 0.25) is 0 Å². The summed E-state index contributed by atoms with van der Waals surface area (Å²) in [6.45, 7) is 1.97. The predicted molar refractivity (Wildman–Crippen MR) is 93.7 cm³/mol. The summed E-state index contributed by atoms with van der Waals surface area (Å²) in [5, 5.41) is 0. The van der Waals surface area contributed by atoms with Gasteiger partial charge in [-0.15, -0.1) is 0 Å². The Morgan fingerprint density at radius 1 is 1.04 bits per heavy atom. The summed E-state index contributed by atoms with van der Waals surface area (Å²) < 4.78 is 21.0. The van der Waals surface area contributed by atoms with Gasteiger partial charge in [0.2, 0.25) is 0 Å². The number of methoxy groups -OCH3 is 3. The van der Waals surface area contributed by atoms with Gasteiger partial charge < -0.3 is 18.9 Å². The van der Waals surface area contributed by atoms with E-state index < -0.39 is 23.8 Å². The van der Waals surface area contributed by atoms with Crippen LogP contribution in [0.1, 0.15) is 22.6 Å². The first-order valence-electron chi connectivity index (χ1n) is 8.12. The standard InChI is InChI=1S/C20H20O6/c1-11-5-7-12(8-6-11)16-17-14(24-3)9-13(23-2)10-15(17)26-20(22)18(16)19(21)25-4/h5-10,16,18H,1-4H3/t16-,18-/m1/s1. The van der Waals surface area contributed by atoms with Crippen LogP contribution in [0.25, 0.3) is 0 Å². The van der Waals surface area contributed by atoms with E-state index in [1.807, 2.05) is 31.2 Å². The number of carbonyl (C=O) groups excluding carboxylic acids is 2. The Hall–Kier alpha value is -3.02. The zero-order valence-corrected chi connectivity index (χ0v) is 15.1. The van der Waals surface area contributed by atoms with Crippen LogP contribution in [0.3, 0.4) is 0 Å². The van der Waals surface area contributed by atoms with Gasteiger partial charge in [0.25, 0.3) is 0 Å². The van der Waals surface area contributed by atoms with Crippen molar-refractivity contribution in [2.45, 2.75) is 12.8 Å². The van der Waals surface area contributed by atoms with E-state index in [2.05, 4.69) is 0 Å². The molecule has 3 rings (SSSR count). The Labute approximate surface area is 151 Å². The molecule has 0 aromatic heterocycles. The number of benzene rings is 2. The maximum Gasteiger partial charge on any atom is 0.326 e. The molecule has 1 heterocycles. The fourth-order valence-electron chi connectivity index (χ4n) is 3.22. The molecule has 0 amide bonds. The highest BCUT2D eigenvalue weighted by Gasteiger charge is 2.46. The Morgan fingerprint density at radius 2 is 1.73 bits per heavy atom. The highest BCUT2D eigenvalue weighted by Crippen LogP contribution is 2.48. The van der Waals surface area contributed by atoms with Crippen molar-refractivity contribution in [2.75, 3.05) is 21.3 Å². The molecule has 2 atom stereocenters. The van der Waals surface area contributed by atoms with Crippen molar-refractivity contribution in [1.82, 2.24) is 0 Å². The van der Waals surface area contributed by atoms with Crippen molar-refractivity contribution in [3.63, 3.8) is 0 Å². The van der Waals surface area contributed by atoms with Crippen LogP contribution in [0.4, 0.5) is 0 Å². The molecule has 6 heteroatoms. The lowest BCUT2D eigenvalue weighted by Crippen LogP contribution is -2.38. The van der Waals surface area contributed by atoms with E-state index in [1.165, 1.54) is 21.3 Å². The fourth-order valence-corrected chi connectivity index (χ4v) is 3.22. The zero-order valence-electron chi connectivity index (χ0n) is 15.1. The van der Waals surface area contributed by atoms with Crippen molar-refractivity contribution in [3.05, 3.63) is 53.1 Å². The van der Waals surface area contributed by atoms with Gasteiger partial charge in [-0.05, 0) is 12.5 Å². The number of hydrogen-bond donors (Lipinski definition) is 0. The summed E-state index contributed by atoms with van der Waals surface area (Å²) in [5.74, 6) is -1.72. The maximum atomic E-state index is 12.6. The lowest BCUT2D eigenvalue weighted by molar-refractivity contribution is -0.157. The molecule has 0 saturated carbocycles. The minimum atomic E-state index is -1.11. The first-order chi connectivity index (χ1) is 12.5. The number of carbonyl (C=O) groups is 2. The molecule has 0 bridgehead atoms. The highest BCUT2D eigenvalue weighted by atomic mass is 16.6. The number of ether oxygens (including phenoxy) is 4. The summed E-state index contributed by atoms with van der Waals surface area (Å²) in [4.78, 5) is 25.0. The first-order valence-corrected chi connectivity index (χ1v) is 8.12. The van der Waals surface area contributed by atoms with Gasteiger partial charge >= 0.3 is 11.9 Å². The van der Waals surface area contributed by atoms with Gasteiger partial charge in [-0.1, -0.05) is 29.8 Å². The molecule has 6 nitrogen and oxygen atoms in total. The molecule has 26 heavy (non-hydrogen) atoms. The van der Waals surface area contributed by atoms with Crippen LogP contribution in [-0.2, 0) is 14.3 Å². The molecule has 1 aliphatic heterocycles. The van der Waals surface area contributed by atoms with E-state index in [-0.39, 0.29) is 0 Å². The highest BCUT2D eigenvalue weighted by molar-refractivity contribution is 5.99. The molecule has 136 valence electrons. The Morgan fingerprint density at radius 3 is 2.31 bits per heavy atom. The number of aryl methyl sites for hydroxylation is 1. The molecular weight excluding hydrogens is 336 g/mol. The maximum absolute atomic E-state index is 12.6. The molecule has 0 unspecified atom stereocenters.